The summed E-state index contributed by atoms with van der Waals surface area (Å²) < 4.78 is 0. The number of thioether (sulfide) groups is 1. The van der Waals surface area contributed by atoms with Crippen LogP contribution in [0.2, 0.25) is 0 Å². The Labute approximate surface area is 115 Å². The predicted molar refractivity (Wildman–Crippen MR) is 79.9 cm³/mol. The van der Waals surface area contributed by atoms with Crippen molar-refractivity contribution in [2.75, 3.05) is 17.6 Å². The first kappa shape index (κ1) is 17.2. The van der Waals surface area contributed by atoms with Crippen LogP contribution in [0.1, 0.15) is 0 Å². The lowest BCUT2D eigenvalue weighted by Gasteiger charge is -2.04. The Morgan fingerprint density at radius 1 is 1.27 bits per heavy atom. The van der Waals surface area contributed by atoms with E-state index in [0.29, 0.717) is 0 Å². The molecule has 0 aliphatic heterocycles. The second kappa shape index (κ2) is 10.3. The molecule has 0 fully saturated rings. The van der Waals surface area contributed by atoms with Gasteiger partial charge in [0.15, 0.2) is 5.17 Å². The third-order valence-electron chi connectivity index (χ3n) is 1.46. The third-order valence-corrected chi connectivity index (χ3v) is 2.18. The molecule has 0 saturated heterocycles. The van der Waals surface area contributed by atoms with Crippen molar-refractivity contribution in [1.29, 1.82) is 5.41 Å². The summed E-state index contributed by atoms with van der Waals surface area (Å²) in [6.07, 6.45) is 0. The Morgan fingerprint density at radius 2 is 1.87 bits per heavy atom. The van der Waals surface area contributed by atoms with Gasteiger partial charge in [-0.05, 0) is 12.1 Å². The molecule has 0 radical (unpaired) electrons. The standard InChI is InChI=1S/C9H13N3S.2BrH/c10-9(11)13-7-6-12-8-4-2-1-3-5-8;;/h1-5,12H,6-7H2,(H3,10,11);2*1H. The molecule has 0 bridgehead atoms. The number of anilines is 1. The van der Waals surface area contributed by atoms with Crippen molar-refractivity contribution in [3.05, 3.63) is 30.3 Å². The summed E-state index contributed by atoms with van der Waals surface area (Å²) in [6.45, 7) is 0.828. The van der Waals surface area contributed by atoms with Gasteiger partial charge in [0.25, 0.3) is 0 Å². The zero-order valence-corrected chi connectivity index (χ0v) is 12.3. The van der Waals surface area contributed by atoms with Gasteiger partial charge < -0.3 is 11.1 Å². The number of benzene rings is 1. The summed E-state index contributed by atoms with van der Waals surface area (Å²) in [4.78, 5) is 0. The van der Waals surface area contributed by atoms with Crippen LogP contribution in [0.3, 0.4) is 0 Å². The smallest absolute Gasteiger partial charge is 0.151 e. The van der Waals surface area contributed by atoms with Crippen molar-refractivity contribution < 1.29 is 0 Å². The highest BCUT2D eigenvalue weighted by Crippen LogP contribution is 2.05. The van der Waals surface area contributed by atoms with E-state index in [1.807, 2.05) is 30.3 Å². The quantitative estimate of drug-likeness (QED) is 0.441. The monoisotopic (exact) mass is 355 g/mol. The lowest BCUT2D eigenvalue weighted by molar-refractivity contribution is 1.23. The molecule has 0 unspecified atom stereocenters. The lowest BCUT2D eigenvalue weighted by Crippen LogP contribution is -2.10. The molecule has 0 aliphatic rings. The van der Waals surface area contributed by atoms with Crippen LogP contribution >= 0.6 is 45.7 Å². The minimum Gasteiger partial charge on any atom is -0.384 e. The van der Waals surface area contributed by atoms with Crippen LogP contribution in [0.4, 0.5) is 5.69 Å². The van der Waals surface area contributed by atoms with Gasteiger partial charge in [-0.2, -0.15) is 0 Å². The first-order valence-electron chi connectivity index (χ1n) is 4.05. The molecule has 3 nitrogen and oxygen atoms in total. The fraction of sp³-hybridized carbons (Fsp3) is 0.222. The molecule has 4 N–H and O–H groups in total. The summed E-state index contributed by atoms with van der Waals surface area (Å²) in [5.41, 5.74) is 6.29. The van der Waals surface area contributed by atoms with Gasteiger partial charge >= 0.3 is 0 Å². The lowest BCUT2D eigenvalue weighted by atomic mass is 10.3. The molecule has 0 amide bonds. The van der Waals surface area contributed by atoms with Crippen molar-refractivity contribution in [2.45, 2.75) is 0 Å². The van der Waals surface area contributed by atoms with E-state index in [1.54, 1.807) is 0 Å². The maximum atomic E-state index is 6.99. The molecule has 0 aliphatic carbocycles. The van der Waals surface area contributed by atoms with Gasteiger partial charge in [-0.15, -0.1) is 34.0 Å². The molecule has 1 aromatic rings. The largest absolute Gasteiger partial charge is 0.384 e. The molecule has 15 heavy (non-hydrogen) atoms. The maximum absolute atomic E-state index is 6.99. The number of halogens is 2. The van der Waals surface area contributed by atoms with Gasteiger partial charge in [0, 0.05) is 18.0 Å². The van der Waals surface area contributed by atoms with Crippen LogP contribution < -0.4 is 11.1 Å². The molecular formula is C9H15Br2N3S. The summed E-state index contributed by atoms with van der Waals surface area (Å²) in [5.74, 6) is 0.824. The average molecular weight is 357 g/mol. The summed E-state index contributed by atoms with van der Waals surface area (Å²) in [6, 6.07) is 9.98. The Kier molecular flexibility index (Phi) is 11.8. The molecule has 0 spiro atoms. The Hall–Kier alpha value is -0.200. The van der Waals surface area contributed by atoms with Crippen LogP contribution in [0, 0.1) is 5.41 Å². The molecule has 0 aromatic heterocycles. The number of nitrogens with one attached hydrogen (secondary N) is 2. The van der Waals surface area contributed by atoms with Crippen molar-refractivity contribution >= 4 is 56.6 Å². The topological polar surface area (TPSA) is 61.9 Å². The van der Waals surface area contributed by atoms with E-state index in [0.717, 1.165) is 18.0 Å². The molecule has 0 saturated carbocycles. The minimum absolute atomic E-state index is 0. The highest BCUT2D eigenvalue weighted by atomic mass is 79.9. The van der Waals surface area contributed by atoms with Crippen LogP contribution in [0.25, 0.3) is 0 Å². The van der Waals surface area contributed by atoms with Gasteiger partial charge in [-0.1, -0.05) is 30.0 Å². The normalized spacial score (nSPS) is 8.27. The maximum Gasteiger partial charge on any atom is 0.151 e. The second-order valence-electron chi connectivity index (χ2n) is 2.51. The number of hydrogen-bond donors (Lipinski definition) is 3. The van der Waals surface area contributed by atoms with Gasteiger partial charge in [-0.3, -0.25) is 5.41 Å². The Morgan fingerprint density at radius 3 is 2.40 bits per heavy atom. The van der Waals surface area contributed by atoms with E-state index in [-0.39, 0.29) is 39.1 Å². The fourth-order valence-corrected chi connectivity index (χ4v) is 1.34. The number of rotatable bonds is 4. The summed E-state index contributed by atoms with van der Waals surface area (Å²) >= 11 is 1.35. The number of amidine groups is 1. The number of hydrogen-bond acceptors (Lipinski definition) is 3. The zero-order chi connectivity index (χ0) is 9.52. The molecule has 6 heteroatoms. The highest BCUT2D eigenvalue weighted by Gasteiger charge is 1.91. The average Bonchev–Trinajstić information content (AvgIpc) is 2.14. The molecule has 0 heterocycles. The molecule has 1 rings (SSSR count). The number of para-hydroxylation sites is 1. The zero-order valence-electron chi connectivity index (χ0n) is 8.10. The second-order valence-corrected chi connectivity index (χ2v) is 3.64. The van der Waals surface area contributed by atoms with Crippen molar-refractivity contribution in [2.24, 2.45) is 5.73 Å². The Balaban J connectivity index is 0. The van der Waals surface area contributed by atoms with E-state index < -0.39 is 0 Å². The Bertz CT molecular complexity index is 269. The van der Waals surface area contributed by atoms with Crippen molar-refractivity contribution in [1.82, 2.24) is 0 Å². The van der Waals surface area contributed by atoms with Crippen molar-refractivity contribution in [3.63, 3.8) is 0 Å². The van der Waals surface area contributed by atoms with Crippen LogP contribution in [-0.2, 0) is 0 Å². The summed E-state index contributed by atoms with van der Waals surface area (Å²) in [5, 5.41) is 10.4. The summed E-state index contributed by atoms with van der Waals surface area (Å²) in [7, 11) is 0. The van der Waals surface area contributed by atoms with Crippen LogP contribution in [0.15, 0.2) is 30.3 Å². The molecule has 0 atom stereocenters. The van der Waals surface area contributed by atoms with Gasteiger partial charge in [0.2, 0.25) is 0 Å². The first-order valence-corrected chi connectivity index (χ1v) is 5.03. The van der Waals surface area contributed by atoms with E-state index >= 15 is 0 Å². The van der Waals surface area contributed by atoms with Crippen LogP contribution in [-0.4, -0.2) is 17.5 Å². The molecule has 86 valence electrons. The van der Waals surface area contributed by atoms with E-state index in [2.05, 4.69) is 5.32 Å². The van der Waals surface area contributed by atoms with Gasteiger partial charge in [0.1, 0.15) is 0 Å². The molecular weight excluding hydrogens is 342 g/mol. The van der Waals surface area contributed by atoms with E-state index in [9.17, 15) is 0 Å². The third kappa shape index (κ3) is 8.77. The first-order chi connectivity index (χ1) is 6.29. The van der Waals surface area contributed by atoms with E-state index in [1.165, 1.54) is 11.8 Å². The molecule has 1 aromatic carbocycles. The fourth-order valence-electron chi connectivity index (χ4n) is 0.912. The SMILES string of the molecule is Br.Br.N=C(N)SCCNc1ccccc1. The number of nitrogens with two attached hydrogens (primary N) is 1. The van der Waals surface area contributed by atoms with Crippen LogP contribution in [0.5, 0.6) is 0 Å². The van der Waals surface area contributed by atoms with Gasteiger partial charge in [0.05, 0.1) is 0 Å². The van der Waals surface area contributed by atoms with E-state index in [4.69, 9.17) is 11.1 Å². The highest BCUT2D eigenvalue weighted by molar-refractivity contribution is 8.93. The van der Waals surface area contributed by atoms with Gasteiger partial charge in [-0.25, -0.2) is 0 Å². The predicted octanol–water partition coefficient (Wildman–Crippen LogP) is 2.88. The minimum atomic E-state index is 0. The van der Waals surface area contributed by atoms with Crippen molar-refractivity contribution in [3.8, 4) is 0 Å².